The molecule has 0 aliphatic heterocycles. The third-order valence-corrected chi connectivity index (χ3v) is 4.90. The van der Waals surface area contributed by atoms with E-state index in [1.54, 1.807) is 24.3 Å². The molecule has 0 fully saturated rings. The Hall–Kier alpha value is -1.89. The van der Waals surface area contributed by atoms with Gasteiger partial charge in [0.1, 0.15) is 0 Å². The van der Waals surface area contributed by atoms with Crippen LogP contribution in [0.1, 0.15) is 52.6 Å². The minimum Gasteiger partial charge on any atom is -0.267 e. The fraction of sp³-hybridized carbons (Fsp3) is 0.263. The van der Waals surface area contributed by atoms with E-state index < -0.39 is 0 Å². The molecule has 0 atom stereocenters. The first-order valence-electron chi connectivity index (χ1n) is 7.66. The van der Waals surface area contributed by atoms with Crippen LogP contribution in [-0.2, 0) is 5.41 Å². The molecule has 0 aliphatic carbocycles. The van der Waals surface area contributed by atoms with Crippen molar-refractivity contribution < 1.29 is 9.59 Å². The molecule has 0 aromatic heterocycles. The van der Waals surface area contributed by atoms with Crippen molar-refractivity contribution in [1.29, 1.82) is 0 Å². The number of rotatable bonds is 2. The summed E-state index contributed by atoms with van der Waals surface area (Å²) in [5, 5.41) is 0. The second kappa shape index (κ2) is 7.34. The Morgan fingerprint density at radius 2 is 1.38 bits per heavy atom. The number of amides is 2. The van der Waals surface area contributed by atoms with Crippen LogP contribution in [0.5, 0.6) is 0 Å². The smallest absolute Gasteiger partial charge is 0.267 e. The molecule has 2 rings (SSSR count). The van der Waals surface area contributed by atoms with E-state index in [-0.39, 0.29) is 17.2 Å². The second-order valence-corrected chi connectivity index (χ2v) is 7.86. The van der Waals surface area contributed by atoms with Crippen molar-refractivity contribution in [2.45, 2.75) is 33.1 Å². The minimum atomic E-state index is -0.342. The third-order valence-electron chi connectivity index (χ3n) is 3.74. The maximum atomic E-state index is 12.1. The molecule has 0 saturated heterocycles. The zero-order chi connectivity index (χ0) is 17.9. The molecule has 2 aromatic carbocycles. The predicted octanol–water partition coefficient (Wildman–Crippen LogP) is 3.97. The average molecular weight is 436 g/mol. The van der Waals surface area contributed by atoms with Crippen LogP contribution in [0.3, 0.4) is 0 Å². The summed E-state index contributed by atoms with van der Waals surface area (Å²) in [5.74, 6) is -0.682. The van der Waals surface area contributed by atoms with Crippen LogP contribution < -0.4 is 10.9 Å². The normalized spacial score (nSPS) is 11.0. The highest BCUT2D eigenvalue weighted by Crippen LogP contribution is 2.22. The summed E-state index contributed by atoms with van der Waals surface area (Å²) in [7, 11) is 0. The SMILES string of the molecule is Cc1ccc(C(=O)NNC(=O)c2ccc(C(C)(C)C)cc2)cc1I. The molecule has 0 spiro atoms. The van der Waals surface area contributed by atoms with Gasteiger partial charge in [0.05, 0.1) is 0 Å². The van der Waals surface area contributed by atoms with E-state index in [2.05, 4.69) is 54.2 Å². The van der Waals surface area contributed by atoms with Crippen molar-refractivity contribution in [3.05, 3.63) is 68.3 Å². The van der Waals surface area contributed by atoms with Gasteiger partial charge in [-0.3, -0.25) is 20.4 Å². The number of hydrogen-bond donors (Lipinski definition) is 2. The Kier molecular flexibility index (Phi) is 5.64. The molecule has 24 heavy (non-hydrogen) atoms. The van der Waals surface area contributed by atoms with Gasteiger partial charge in [0.2, 0.25) is 0 Å². The Balaban J connectivity index is 1.99. The van der Waals surface area contributed by atoms with Crippen molar-refractivity contribution in [3.8, 4) is 0 Å². The first kappa shape index (κ1) is 18.4. The molecule has 0 unspecified atom stereocenters. The highest BCUT2D eigenvalue weighted by molar-refractivity contribution is 14.1. The summed E-state index contributed by atoms with van der Waals surface area (Å²) in [5.41, 5.74) is 8.20. The Bertz CT molecular complexity index is 762. The minimum absolute atomic E-state index is 0.0335. The van der Waals surface area contributed by atoms with E-state index in [4.69, 9.17) is 0 Å². The van der Waals surface area contributed by atoms with Gasteiger partial charge in [-0.25, -0.2) is 0 Å². The van der Waals surface area contributed by atoms with Gasteiger partial charge in [-0.05, 0) is 70.3 Å². The number of hydrazine groups is 1. The lowest BCUT2D eigenvalue weighted by Crippen LogP contribution is -2.41. The lowest BCUT2D eigenvalue weighted by molar-refractivity contribution is 0.0846. The molecule has 126 valence electrons. The molecule has 5 heteroatoms. The Labute approximate surface area is 156 Å². The van der Waals surface area contributed by atoms with Gasteiger partial charge in [0.15, 0.2) is 0 Å². The van der Waals surface area contributed by atoms with Crippen molar-refractivity contribution in [2.75, 3.05) is 0 Å². The third kappa shape index (κ3) is 4.56. The van der Waals surface area contributed by atoms with Crippen molar-refractivity contribution in [2.24, 2.45) is 0 Å². The molecule has 2 N–H and O–H groups in total. The maximum absolute atomic E-state index is 12.1. The molecule has 0 radical (unpaired) electrons. The van der Waals surface area contributed by atoms with Crippen LogP contribution in [0.25, 0.3) is 0 Å². The largest absolute Gasteiger partial charge is 0.269 e. The van der Waals surface area contributed by atoms with Crippen LogP contribution >= 0.6 is 22.6 Å². The van der Waals surface area contributed by atoms with Gasteiger partial charge in [0, 0.05) is 14.7 Å². The number of halogens is 1. The van der Waals surface area contributed by atoms with Gasteiger partial charge in [0.25, 0.3) is 11.8 Å². The van der Waals surface area contributed by atoms with Gasteiger partial charge < -0.3 is 0 Å². The average Bonchev–Trinajstić information content (AvgIpc) is 2.54. The number of carbonyl (C=O) groups is 2. The van der Waals surface area contributed by atoms with Crippen molar-refractivity contribution in [1.82, 2.24) is 10.9 Å². The number of carbonyl (C=O) groups excluding carboxylic acids is 2. The molecule has 2 amide bonds. The molecule has 4 nitrogen and oxygen atoms in total. The van der Waals surface area contributed by atoms with Crippen LogP contribution in [0.15, 0.2) is 42.5 Å². The lowest BCUT2D eigenvalue weighted by atomic mass is 9.87. The van der Waals surface area contributed by atoms with Crippen molar-refractivity contribution in [3.63, 3.8) is 0 Å². The molecular formula is C19H21IN2O2. The second-order valence-electron chi connectivity index (χ2n) is 6.70. The Morgan fingerprint density at radius 1 is 0.875 bits per heavy atom. The summed E-state index contributed by atoms with van der Waals surface area (Å²) in [4.78, 5) is 24.2. The molecular weight excluding hydrogens is 415 g/mol. The number of aryl methyl sites for hydroxylation is 1. The zero-order valence-corrected chi connectivity index (χ0v) is 16.4. The van der Waals surface area contributed by atoms with E-state index in [0.29, 0.717) is 11.1 Å². The standard InChI is InChI=1S/C19H21IN2O2/c1-12-5-6-14(11-16(12)20)18(24)22-21-17(23)13-7-9-15(10-8-13)19(2,3)4/h5-11H,1-4H3,(H,21,23)(H,22,24). The first-order valence-corrected chi connectivity index (χ1v) is 8.74. The molecule has 0 saturated carbocycles. The lowest BCUT2D eigenvalue weighted by Gasteiger charge is -2.19. The first-order chi connectivity index (χ1) is 11.2. The topological polar surface area (TPSA) is 58.2 Å². The van der Waals surface area contributed by atoms with E-state index in [1.165, 1.54) is 0 Å². The summed E-state index contributed by atoms with van der Waals surface area (Å²) in [6.45, 7) is 8.33. The van der Waals surface area contributed by atoms with Gasteiger partial charge >= 0.3 is 0 Å². The maximum Gasteiger partial charge on any atom is 0.269 e. The van der Waals surface area contributed by atoms with Gasteiger partial charge in [-0.15, -0.1) is 0 Å². The van der Waals surface area contributed by atoms with Gasteiger partial charge in [-0.2, -0.15) is 0 Å². The van der Waals surface area contributed by atoms with E-state index >= 15 is 0 Å². The van der Waals surface area contributed by atoms with E-state index in [9.17, 15) is 9.59 Å². The molecule has 0 heterocycles. The summed E-state index contributed by atoms with van der Waals surface area (Å²) in [6.07, 6.45) is 0. The highest BCUT2D eigenvalue weighted by Gasteiger charge is 2.15. The van der Waals surface area contributed by atoms with Crippen molar-refractivity contribution >= 4 is 34.4 Å². The van der Waals surface area contributed by atoms with E-state index in [1.807, 2.05) is 25.1 Å². The number of nitrogens with one attached hydrogen (secondary N) is 2. The van der Waals surface area contributed by atoms with Crippen LogP contribution in [-0.4, -0.2) is 11.8 Å². The quantitative estimate of drug-likeness (QED) is 0.553. The van der Waals surface area contributed by atoms with Crippen LogP contribution in [0.2, 0.25) is 0 Å². The van der Waals surface area contributed by atoms with Gasteiger partial charge in [-0.1, -0.05) is 39.0 Å². The predicted molar refractivity (Wildman–Crippen MR) is 104 cm³/mol. The summed E-state index contributed by atoms with van der Waals surface area (Å²) >= 11 is 2.18. The Morgan fingerprint density at radius 3 is 1.88 bits per heavy atom. The molecule has 0 bridgehead atoms. The fourth-order valence-corrected chi connectivity index (χ4v) is 2.63. The number of benzene rings is 2. The zero-order valence-electron chi connectivity index (χ0n) is 14.2. The van der Waals surface area contributed by atoms with Crippen LogP contribution in [0.4, 0.5) is 0 Å². The van der Waals surface area contributed by atoms with Crippen LogP contribution in [0, 0.1) is 10.5 Å². The summed E-state index contributed by atoms with van der Waals surface area (Å²) in [6, 6.07) is 12.8. The fourth-order valence-electron chi connectivity index (χ4n) is 2.11. The molecule has 2 aromatic rings. The van der Waals surface area contributed by atoms with E-state index in [0.717, 1.165) is 14.7 Å². The monoisotopic (exact) mass is 436 g/mol. The number of hydrogen-bond acceptors (Lipinski definition) is 2. The highest BCUT2D eigenvalue weighted by atomic mass is 127. The summed E-state index contributed by atoms with van der Waals surface area (Å²) < 4.78 is 1.00. The molecule has 0 aliphatic rings.